The number of hydrogen-bond acceptors (Lipinski definition) is 7. The Morgan fingerprint density at radius 3 is 2.20 bits per heavy atom. The Morgan fingerprint density at radius 2 is 1.60 bits per heavy atom. The topological polar surface area (TPSA) is 99.8 Å². The summed E-state index contributed by atoms with van der Waals surface area (Å²) in [7, 11) is 0. The van der Waals surface area contributed by atoms with Gasteiger partial charge >= 0.3 is 17.8 Å². The Hall–Kier alpha value is -3.07. The van der Waals surface area contributed by atoms with Crippen molar-refractivity contribution in [2.45, 2.75) is 70.5 Å². The van der Waals surface area contributed by atoms with Crippen LogP contribution in [0.4, 0.5) is 4.79 Å². The predicted molar refractivity (Wildman–Crippen MR) is 125 cm³/mol. The molecule has 1 aromatic heterocycles. The third-order valence-corrected chi connectivity index (χ3v) is 8.41. The maximum Gasteiger partial charge on any atom is 0.335 e. The van der Waals surface area contributed by atoms with Crippen LogP contribution in [0.5, 0.6) is 0 Å². The highest BCUT2D eigenvalue weighted by molar-refractivity contribution is 6.44. The van der Waals surface area contributed by atoms with Crippen LogP contribution >= 0.6 is 0 Å². The highest BCUT2D eigenvalue weighted by Gasteiger charge is 2.61. The molecule has 1 saturated heterocycles. The zero-order chi connectivity index (χ0) is 24.3. The Kier molecular flexibility index (Phi) is 5.28. The molecule has 0 N–H and O–H groups in total. The molecule has 4 amide bonds. The second-order valence-electron chi connectivity index (χ2n) is 11.1. The van der Waals surface area contributed by atoms with Crippen molar-refractivity contribution in [1.82, 2.24) is 24.9 Å². The zero-order valence-electron chi connectivity index (χ0n) is 20.2. The molecule has 35 heavy (non-hydrogen) atoms. The summed E-state index contributed by atoms with van der Waals surface area (Å²) in [6.07, 6.45) is 6.12. The van der Waals surface area contributed by atoms with Crippen LogP contribution in [0.1, 0.15) is 58.3 Å². The van der Waals surface area contributed by atoms with Crippen molar-refractivity contribution in [3.05, 3.63) is 36.2 Å². The monoisotopic (exact) mass is 477 g/mol. The molecule has 2 aromatic rings. The van der Waals surface area contributed by atoms with Crippen LogP contribution in [-0.4, -0.2) is 61.0 Å². The van der Waals surface area contributed by atoms with Gasteiger partial charge in [0.05, 0.1) is 18.8 Å². The summed E-state index contributed by atoms with van der Waals surface area (Å²) in [5.74, 6) is 1.11. The van der Waals surface area contributed by atoms with E-state index in [1.54, 1.807) is 0 Å². The quantitative estimate of drug-likeness (QED) is 0.443. The molecule has 9 heteroatoms. The van der Waals surface area contributed by atoms with Gasteiger partial charge in [-0.3, -0.25) is 14.5 Å². The number of hydrogen-bond donors (Lipinski definition) is 0. The summed E-state index contributed by atoms with van der Waals surface area (Å²) in [5.41, 5.74) is 0.344. The average Bonchev–Trinajstić information content (AvgIpc) is 3.37. The first-order valence-corrected chi connectivity index (χ1v) is 12.6. The van der Waals surface area contributed by atoms with Crippen molar-refractivity contribution in [1.29, 1.82) is 0 Å². The minimum absolute atomic E-state index is 0.00693. The van der Waals surface area contributed by atoms with E-state index in [2.05, 4.69) is 10.2 Å². The first kappa shape index (κ1) is 22.4. The molecule has 4 aliphatic carbocycles. The first-order valence-electron chi connectivity index (χ1n) is 12.6. The molecule has 4 bridgehead atoms. The number of imide groups is 2. The highest BCUT2D eigenvalue weighted by atomic mass is 16.4. The van der Waals surface area contributed by atoms with E-state index in [1.165, 1.54) is 24.2 Å². The molecule has 4 saturated carbocycles. The van der Waals surface area contributed by atoms with E-state index < -0.39 is 23.4 Å². The van der Waals surface area contributed by atoms with E-state index in [4.69, 9.17) is 4.42 Å². The van der Waals surface area contributed by atoms with E-state index in [0.717, 1.165) is 29.7 Å². The van der Waals surface area contributed by atoms with E-state index in [1.807, 2.05) is 49.1 Å². The van der Waals surface area contributed by atoms with Crippen molar-refractivity contribution in [2.75, 3.05) is 6.67 Å². The van der Waals surface area contributed by atoms with Crippen LogP contribution in [0.2, 0.25) is 0 Å². The van der Waals surface area contributed by atoms with Gasteiger partial charge in [0, 0.05) is 11.6 Å². The molecular weight excluding hydrogens is 446 g/mol. The van der Waals surface area contributed by atoms with Crippen molar-refractivity contribution in [2.24, 2.45) is 17.8 Å². The lowest BCUT2D eigenvalue weighted by atomic mass is 9.52. The van der Waals surface area contributed by atoms with Gasteiger partial charge in [-0.05, 0) is 82.3 Å². The number of nitrogens with zero attached hydrogens (tertiary/aromatic N) is 5. The SMILES string of the molecule is CC(C)N(Cc1nnc(-c2ccccc2)o1)CN1C(=O)C(=O)N(C23CC4CC(CC(C4)C2)C3)C1=O. The van der Waals surface area contributed by atoms with Gasteiger partial charge in [-0.1, -0.05) is 18.2 Å². The molecular formula is C26H31N5O4. The maximum atomic E-state index is 13.6. The summed E-state index contributed by atoms with van der Waals surface area (Å²) >= 11 is 0. The summed E-state index contributed by atoms with van der Waals surface area (Å²) in [6.45, 7) is 4.21. The molecule has 0 radical (unpaired) electrons. The van der Waals surface area contributed by atoms with Gasteiger partial charge in [-0.15, -0.1) is 10.2 Å². The summed E-state index contributed by atoms with van der Waals surface area (Å²) in [4.78, 5) is 44.1. The lowest BCUT2D eigenvalue weighted by Gasteiger charge is -2.58. The van der Waals surface area contributed by atoms with E-state index in [-0.39, 0.29) is 19.3 Å². The van der Waals surface area contributed by atoms with Crippen LogP contribution in [0.25, 0.3) is 11.5 Å². The molecule has 7 rings (SSSR count). The number of carbonyl (C=O) groups excluding carboxylic acids is 3. The fraction of sp³-hybridized carbons (Fsp3) is 0.577. The smallest absolute Gasteiger partial charge is 0.335 e. The molecule has 0 spiro atoms. The third kappa shape index (κ3) is 3.76. The van der Waals surface area contributed by atoms with Crippen LogP contribution in [0.15, 0.2) is 34.7 Å². The van der Waals surface area contributed by atoms with Gasteiger partial charge in [-0.25, -0.2) is 14.6 Å². The van der Waals surface area contributed by atoms with Crippen LogP contribution in [0.3, 0.4) is 0 Å². The number of urea groups is 1. The molecule has 9 nitrogen and oxygen atoms in total. The zero-order valence-corrected chi connectivity index (χ0v) is 20.2. The molecule has 1 aromatic carbocycles. The fourth-order valence-corrected chi connectivity index (χ4v) is 7.15. The standard InChI is InChI=1S/C26H31N5O4/c1-16(2)29(14-21-27-28-22(35-21)20-6-4-3-5-7-20)15-30-23(32)24(33)31(25(30)34)26-11-17-8-18(12-26)10-19(9-17)13-26/h3-7,16-19H,8-15H2,1-2H3. The largest absolute Gasteiger partial charge is 0.419 e. The number of rotatable bonds is 7. The molecule has 5 fully saturated rings. The minimum atomic E-state index is -0.730. The number of benzene rings is 1. The Morgan fingerprint density at radius 1 is 0.971 bits per heavy atom. The molecule has 2 heterocycles. The van der Waals surface area contributed by atoms with Gasteiger partial charge in [0.1, 0.15) is 0 Å². The van der Waals surface area contributed by atoms with Crippen molar-refractivity contribution >= 4 is 17.8 Å². The van der Waals surface area contributed by atoms with Gasteiger partial charge in [0.15, 0.2) is 0 Å². The number of carbonyl (C=O) groups is 3. The minimum Gasteiger partial charge on any atom is -0.419 e. The number of amides is 4. The number of aromatic nitrogens is 2. The van der Waals surface area contributed by atoms with Gasteiger partial charge in [-0.2, -0.15) is 0 Å². The molecule has 0 unspecified atom stereocenters. The van der Waals surface area contributed by atoms with Gasteiger partial charge in [0.2, 0.25) is 11.8 Å². The second kappa shape index (κ2) is 8.26. The highest BCUT2D eigenvalue weighted by Crippen LogP contribution is 2.58. The normalized spacial score (nSPS) is 29.9. The Labute approximate surface area is 204 Å². The Bertz CT molecular complexity index is 1120. The molecule has 5 aliphatic rings. The van der Waals surface area contributed by atoms with Crippen molar-refractivity contribution in [3.8, 4) is 11.5 Å². The molecule has 1 aliphatic heterocycles. The van der Waals surface area contributed by atoms with E-state index in [0.29, 0.717) is 29.5 Å². The Balaban J connectivity index is 1.20. The summed E-state index contributed by atoms with van der Waals surface area (Å²) in [5, 5.41) is 8.30. The lowest BCUT2D eigenvalue weighted by Crippen LogP contribution is -2.62. The predicted octanol–water partition coefficient (Wildman–Crippen LogP) is 3.66. The fourth-order valence-electron chi connectivity index (χ4n) is 7.15. The second-order valence-corrected chi connectivity index (χ2v) is 11.1. The maximum absolute atomic E-state index is 13.6. The average molecular weight is 478 g/mol. The summed E-state index contributed by atoms with van der Waals surface area (Å²) < 4.78 is 5.85. The lowest BCUT2D eigenvalue weighted by molar-refractivity contribution is -0.150. The third-order valence-electron chi connectivity index (χ3n) is 8.41. The molecule has 184 valence electrons. The van der Waals surface area contributed by atoms with Gasteiger partial charge < -0.3 is 4.42 Å². The van der Waals surface area contributed by atoms with Gasteiger partial charge in [0.25, 0.3) is 0 Å². The first-order chi connectivity index (χ1) is 16.8. The van der Waals surface area contributed by atoms with Crippen molar-refractivity contribution < 1.29 is 18.8 Å². The van der Waals surface area contributed by atoms with Crippen LogP contribution in [0, 0.1) is 17.8 Å². The molecule has 0 atom stereocenters. The van der Waals surface area contributed by atoms with Crippen LogP contribution in [-0.2, 0) is 16.1 Å². The van der Waals surface area contributed by atoms with E-state index >= 15 is 0 Å². The van der Waals surface area contributed by atoms with E-state index in [9.17, 15) is 14.4 Å². The van der Waals surface area contributed by atoms with Crippen LogP contribution < -0.4 is 0 Å². The summed E-state index contributed by atoms with van der Waals surface area (Å²) in [6, 6.07) is 9.01. The van der Waals surface area contributed by atoms with Crippen molar-refractivity contribution in [3.63, 3.8) is 0 Å².